The SMILES string of the molecule is C=C[C@@H]1CC(=O)CN1S(=O)(=O)c1ccc(C)cc1. The third-order valence-electron chi connectivity index (χ3n) is 3.04. The van der Waals surface area contributed by atoms with Gasteiger partial charge >= 0.3 is 0 Å². The predicted octanol–water partition coefficient (Wildman–Crippen LogP) is 1.51. The summed E-state index contributed by atoms with van der Waals surface area (Å²) in [6.45, 7) is 5.42. The maximum absolute atomic E-state index is 12.4. The van der Waals surface area contributed by atoms with Gasteiger partial charge in [-0.25, -0.2) is 8.42 Å². The van der Waals surface area contributed by atoms with Crippen LogP contribution in [0.3, 0.4) is 0 Å². The molecular weight excluding hydrogens is 250 g/mol. The topological polar surface area (TPSA) is 54.5 Å². The first kappa shape index (κ1) is 13.0. The quantitative estimate of drug-likeness (QED) is 0.778. The first-order valence-corrected chi connectivity index (χ1v) is 7.12. The van der Waals surface area contributed by atoms with Crippen LogP contribution in [0, 0.1) is 6.92 Å². The van der Waals surface area contributed by atoms with Crippen LogP contribution < -0.4 is 0 Å². The van der Waals surface area contributed by atoms with Crippen molar-refractivity contribution in [3.8, 4) is 0 Å². The van der Waals surface area contributed by atoms with Crippen molar-refractivity contribution >= 4 is 15.8 Å². The Kier molecular flexibility index (Phi) is 3.36. The molecule has 2 rings (SSSR count). The second kappa shape index (κ2) is 4.66. The van der Waals surface area contributed by atoms with E-state index < -0.39 is 16.1 Å². The number of hydrogen-bond donors (Lipinski definition) is 0. The number of sulfonamides is 1. The summed E-state index contributed by atoms with van der Waals surface area (Å²) in [5, 5.41) is 0. The van der Waals surface area contributed by atoms with Gasteiger partial charge in [0.15, 0.2) is 0 Å². The molecule has 0 saturated carbocycles. The van der Waals surface area contributed by atoms with Crippen LogP contribution in [0.25, 0.3) is 0 Å². The molecule has 0 radical (unpaired) electrons. The van der Waals surface area contributed by atoms with E-state index in [-0.39, 0.29) is 23.6 Å². The minimum absolute atomic E-state index is 0.0626. The van der Waals surface area contributed by atoms with Gasteiger partial charge in [-0.1, -0.05) is 23.8 Å². The molecule has 1 saturated heterocycles. The van der Waals surface area contributed by atoms with Crippen LogP contribution in [0.4, 0.5) is 0 Å². The van der Waals surface area contributed by atoms with Gasteiger partial charge in [-0.2, -0.15) is 4.31 Å². The molecule has 1 aromatic rings. The van der Waals surface area contributed by atoms with E-state index in [1.54, 1.807) is 24.3 Å². The molecule has 1 atom stereocenters. The van der Waals surface area contributed by atoms with Gasteiger partial charge < -0.3 is 0 Å². The number of Topliss-reactive ketones (excluding diaryl/α,β-unsaturated/α-hetero) is 1. The number of rotatable bonds is 3. The molecule has 0 N–H and O–H groups in total. The fourth-order valence-electron chi connectivity index (χ4n) is 2.00. The maximum atomic E-state index is 12.4. The molecule has 1 heterocycles. The van der Waals surface area contributed by atoms with Crippen molar-refractivity contribution in [2.24, 2.45) is 0 Å². The van der Waals surface area contributed by atoms with E-state index >= 15 is 0 Å². The maximum Gasteiger partial charge on any atom is 0.244 e. The molecule has 0 aromatic heterocycles. The van der Waals surface area contributed by atoms with Gasteiger partial charge in [0.1, 0.15) is 5.78 Å². The number of aryl methyl sites for hydroxylation is 1. The molecule has 0 amide bonds. The molecular formula is C13H15NO3S. The summed E-state index contributed by atoms with van der Waals surface area (Å²) in [6.07, 6.45) is 1.73. The Labute approximate surface area is 107 Å². The summed E-state index contributed by atoms with van der Waals surface area (Å²) in [4.78, 5) is 11.6. The van der Waals surface area contributed by atoms with Crippen molar-refractivity contribution in [3.63, 3.8) is 0 Å². The highest BCUT2D eigenvalue weighted by Crippen LogP contribution is 2.25. The number of carbonyl (C=O) groups excluding carboxylic acids is 1. The summed E-state index contributed by atoms with van der Waals surface area (Å²) in [6, 6.07) is 6.19. The average Bonchev–Trinajstić information content (AvgIpc) is 2.72. The van der Waals surface area contributed by atoms with Crippen LogP contribution in [0.1, 0.15) is 12.0 Å². The van der Waals surface area contributed by atoms with Gasteiger partial charge in [0, 0.05) is 6.42 Å². The van der Waals surface area contributed by atoms with Gasteiger partial charge in [0.2, 0.25) is 10.0 Å². The van der Waals surface area contributed by atoms with Gasteiger partial charge in [-0.05, 0) is 19.1 Å². The summed E-state index contributed by atoms with van der Waals surface area (Å²) in [7, 11) is -3.61. The van der Waals surface area contributed by atoms with E-state index in [1.165, 1.54) is 10.4 Å². The summed E-state index contributed by atoms with van der Waals surface area (Å²) in [5.41, 5.74) is 0.992. The van der Waals surface area contributed by atoms with Crippen LogP contribution in [0.15, 0.2) is 41.8 Å². The van der Waals surface area contributed by atoms with Crippen molar-refractivity contribution in [2.75, 3.05) is 6.54 Å². The molecule has 1 fully saturated rings. The highest BCUT2D eigenvalue weighted by molar-refractivity contribution is 7.89. The summed E-state index contributed by atoms with van der Waals surface area (Å²) in [5.74, 6) is -0.0735. The second-order valence-corrected chi connectivity index (χ2v) is 6.30. The van der Waals surface area contributed by atoms with Crippen molar-refractivity contribution in [1.29, 1.82) is 0 Å². The first-order chi connectivity index (χ1) is 8.45. The lowest BCUT2D eigenvalue weighted by Crippen LogP contribution is -2.34. The zero-order chi connectivity index (χ0) is 13.3. The number of carbonyl (C=O) groups is 1. The minimum atomic E-state index is -3.61. The summed E-state index contributed by atoms with van der Waals surface area (Å²) >= 11 is 0. The lowest BCUT2D eigenvalue weighted by atomic mass is 10.2. The molecule has 1 aromatic carbocycles. The Morgan fingerprint density at radius 1 is 1.33 bits per heavy atom. The molecule has 0 spiro atoms. The Balaban J connectivity index is 2.39. The van der Waals surface area contributed by atoms with Crippen LogP contribution >= 0.6 is 0 Å². The third-order valence-corrected chi connectivity index (χ3v) is 4.92. The van der Waals surface area contributed by atoms with E-state index in [9.17, 15) is 13.2 Å². The normalized spacial score (nSPS) is 21.2. The highest BCUT2D eigenvalue weighted by Gasteiger charge is 2.37. The average molecular weight is 265 g/mol. The fraction of sp³-hybridized carbons (Fsp3) is 0.308. The molecule has 0 bridgehead atoms. The predicted molar refractivity (Wildman–Crippen MR) is 68.7 cm³/mol. The Morgan fingerprint density at radius 2 is 1.94 bits per heavy atom. The van der Waals surface area contributed by atoms with E-state index in [0.29, 0.717) is 0 Å². The second-order valence-electron chi connectivity index (χ2n) is 4.41. The molecule has 96 valence electrons. The standard InChI is InChI=1S/C13H15NO3S/c1-3-11-8-12(15)9-14(11)18(16,17)13-6-4-10(2)5-7-13/h3-7,11H,1,8-9H2,2H3/t11-/m1/s1. The van der Waals surface area contributed by atoms with E-state index in [2.05, 4.69) is 6.58 Å². The molecule has 4 nitrogen and oxygen atoms in total. The van der Waals surface area contributed by atoms with Crippen molar-refractivity contribution in [3.05, 3.63) is 42.5 Å². The van der Waals surface area contributed by atoms with Gasteiger partial charge in [-0.15, -0.1) is 6.58 Å². The molecule has 0 unspecified atom stereocenters. The van der Waals surface area contributed by atoms with Crippen molar-refractivity contribution < 1.29 is 13.2 Å². The Bertz CT molecular complexity index is 575. The van der Waals surface area contributed by atoms with E-state index in [0.717, 1.165) is 5.56 Å². The number of benzene rings is 1. The first-order valence-electron chi connectivity index (χ1n) is 5.68. The zero-order valence-corrected chi connectivity index (χ0v) is 11.0. The number of nitrogens with zero attached hydrogens (tertiary/aromatic N) is 1. The third kappa shape index (κ3) is 2.23. The minimum Gasteiger partial charge on any atom is -0.298 e. The lowest BCUT2D eigenvalue weighted by Gasteiger charge is -2.20. The van der Waals surface area contributed by atoms with Crippen LogP contribution in [0.2, 0.25) is 0 Å². The van der Waals surface area contributed by atoms with Gasteiger partial charge in [0.25, 0.3) is 0 Å². The molecule has 1 aliphatic rings. The zero-order valence-electron chi connectivity index (χ0n) is 10.2. The molecule has 1 aliphatic heterocycles. The smallest absolute Gasteiger partial charge is 0.244 e. The Hall–Kier alpha value is -1.46. The van der Waals surface area contributed by atoms with E-state index in [1.807, 2.05) is 6.92 Å². The fourth-order valence-corrected chi connectivity index (χ4v) is 3.58. The van der Waals surface area contributed by atoms with Crippen molar-refractivity contribution in [1.82, 2.24) is 4.31 Å². The number of ketones is 1. The van der Waals surface area contributed by atoms with E-state index in [4.69, 9.17) is 0 Å². The monoisotopic (exact) mass is 265 g/mol. The molecule has 0 aliphatic carbocycles. The highest BCUT2D eigenvalue weighted by atomic mass is 32.2. The van der Waals surface area contributed by atoms with Crippen LogP contribution in [0.5, 0.6) is 0 Å². The number of hydrogen-bond acceptors (Lipinski definition) is 3. The van der Waals surface area contributed by atoms with Crippen LogP contribution in [-0.4, -0.2) is 31.1 Å². The van der Waals surface area contributed by atoms with Gasteiger partial charge in [0.05, 0.1) is 17.5 Å². The molecule has 5 heteroatoms. The molecule has 18 heavy (non-hydrogen) atoms. The van der Waals surface area contributed by atoms with Crippen molar-refractivity contribution in [2.45, 2.75) is 24.3 Å². The van der Waals surface area contributed by atoms with Gasteiger partial charge in [-0.3, -0.25) is 4.79 Å². The summed E-state index contributed by atoms with van der Waals surface area (Å²) < 4.78 is 26.0. The lowest BCUT2D eigenvalue weighted by molar-refractivity contribution is -0.116. The van der Waals surface area contributed by atoms with Crippen LogP contribution in [-0.2, 0) is 14.8 Å². The largest absolute Gasteiger partial charge is 0.298 e. The Morgan fingerprint density at radius 3 is 2.50 bits per heavy atom.